The molecular formula is C11H13BrF2N2O2. The Balaban J connectivity index is 2.76. The molecule has 0 heterocycles. The summed E-state index contributed by atoms with van der Waals surface area (Å²) in [6.07, 6.45) is -0.441. The zero-order valence-corrected chi connectivity index (χ0v) is 11.3. The summed E-state index contributed by atoms with van der Waals surface area (Å²) in [5, 5.41) is 2.34. The van der Waals surface area contributed by atoms with Gasteiger partial charge in [-0.15, -0.1) is 0 Å². The standard InChI is InChI=1S/C11H13BrF2N2O2/c1-18-7(5-15)4-10(17)16-11-8(12)2-6(13)3-9(11)14/h2-3,7H,4-5,15H2,1H3,(H,16,17). The van der Waals surface area contributed by atoms with Gasteiger partial charge in [0.15, 0.2) is 5.82 Å². The zero-order chi connectivity index (χ0) is 13.7. The van der Waals surface area contributed by atoms with E-state index in [2.05, 4.69) is 21.2 Å². The molecule has 1 aromatic rings. The van der Waals surface area contributed by atoms with E-state index in [0.717, 1.165) is 6.07 Å². The van der Waals surface area contributed by atoms with Gasteiger partial charge in [-0.25, -0.2) is 8.78 Å². The van der Waals surface area contributed by atoms with Crippen molar-refractivity contribution in [1.29, 1.82) is 0 Å². The van der Waals surface area contributed by atoms with Crippen molar-refractivity contribution in [1.82, 2.24) is 0 Å². The second-order valence-corrected chi connectivity index (χ2v) is 4.44. The molecule has 0 aliphatic heterocycles. The van der Waals surface area contributed by atoms with E-state index < -0.39 is 23.6 Å². The van der Waals surface area contributed by atoms with Crippen LogP contribution in [0.3, 0.4) is 0 Å². The number of benzene rings is 1. The highest BCUT2D eigenvalue weighted by Gasteiger charge is 2.16. The lowest BCUT2D eigenvalue weighted by molar-refractivity contribution is -0.118. The van der Waals surface area contributed by atoms with E-state index in [4.69, 9.17) is 10.5 Å². The molecule has 0 aliphatic rings. The highest BCUT2D eigenvalue weighted by molar-refractivity contribution is 9.10. The minimum Gasteiger partial charge on any atom is -0.380 e. The molecule has 1 atom stereocenters. The molecule has 4 nitrogen and oxygen atoms in total. The van der Waals surface area contributed by atoms with Gasteiger partial charge in [0.25, 0.3) is 0 Å². The molecule has 1 unspecified atom stereocenters. The van der Waals surface area contributed by atoms with Crippen LogP contribution in [0.1, 0.15) is 6.42 Å². The molecule has 1 rings (SSSR count). The van der Waals surface area contributed by atoms with E-state index >= 15 is 0 Å². The maximum absolute atomic E-state index is 13.4. The number of carbonyl (C=O) groups excluding carboxylic acids is 1. The molecule has 0 bridgehead atoms. The Morgan fingerprint density at radius 3 is 2.72 bits per heavy atom. The van der Waals surface area contributed by atoms with Crippen molar-refractivity contribution in [2.24, 2.45) is 5.73 Å². The van der Waals surface area contributed by atoms with Gasteiger partial charge < -0.3 is 15.8 Å². The Labute approximate surface area is 112 Å². The number of hydrogen-bond acceptors (Lipinski definition) is 3. The van der Waals surface area contributed by atoms with Crippen LogP contribution in [0.5, 0.6) is 0 Å². The van der Waals surface area contributed by atoms with Crippen LogP contribution in [-0.2, 0) is 9.53 Å². The highest BCUT2D eigenvalue weighted by atomic mass is 79.9. The molecule has 0 aromatic heterocycles. The molecule has 0 fully saturated rings. The van der Waals surface area contributed by atoms with Crippen molar-refractivity contribution in [3.8, 4) is 0 Å². The fourth-order valence-electron chi connectivity index (χ4n) is 1.32. The van der Waals surface area contributed by atoms with E-state index in [0.29, 0.717) is 6.07 Å². The molecule has 1 aromatic carbocycles. The molecule has 7 heteroatoms. The number of halogens is 3. The Kier molecular flexibility index (Phi) is 5.64. The highest BCUT2D eigenvalue weighted by Crippen LogP contribution is 2.27. The van der Waals surface area contributed by atoms with Crippen LogP contribution >= 0.6 is 15.9 Å². The minimum absolute atomic E-state index is 0.00371. The van der Waals surface area contributed by atoms with E-state index in [9.17, 15) is 13.6 Å². The summed E-state index contributed by atoms with van der Waals surface area (Å²) in [5.74, 6) is -2.04. The van der Waals surface area contributed by atoms with Gasteiger partial charge in [-0.1, -0.05) is 0 Å². The van der Waals surface area contributed by atoms with E-state index in [1.165, 1.54) is 7.11 Å². The number of ether oxygens (including phenoxy) is 1. The molecule has 0 aliphatic carbocycles. The van der Waals surface area contributed by atoms with Crippen molar-refractivity contribution in [3.63, 3.8) is 0 Å². The molecule has 0 saturated heterocycles. The average Bonchev–Trinajstić information content (AvgIpc) is 2.30. The molecule has 0 spiro atoms. The maximum Gasteiger partial charge on any atom is 0.227 e. The zero-order valence-electron chi connectivity index (χ0n) is 9.67. The largest absolute Gasteiger partial charge is 0.380 e. The number of nitrogens with two attached hydrogens (primary N) is 1. The molecule has 100 valence electrons. The summed E-state index contributed by atoms with van der Waals surface area (Å²) in [4.78, 5) is 11.6. The maximum atomic E-state index is 13.4. The third kappa shape index (κ3) is 4.01. The Morgan fingerprint density at radius 2 is 2.22 bits per heavy atom. The topological polar surface area (TPSA) is 64.3 Å². The number of anilines is 1. The van der Waals surface area contributed by atoms with E-state index in [1.807, 2.05) is 0 Å². The summed E-state index contributed by atoms with van der Waals surface area (Å²) in [6.45, 7) is 0.178. The van der Waals surface area contributed by atoms with Crippen molar-refractivity contribution in [2.45, 2.75) is 12.5 Å². The van der Waals surface area contributed by atoms with Gasteiger partial charge >= 0.3 is 0 Å². The third-order valence-electron chi connectivity index (χ3n) is 2.28. The van der Waals surface area contributed by atoms with Gasteiger partial charge in [-0.3, -0.25) is 4.79 Å². The van der Waals surface area contributed by atoms with Crippen LogP contribution in [0, 0.1) is 11.6 Å². The lowest BCUT2D eigenvalue weighted by Crippen LogP contribution is -2.28. The van der Waals surface area contributed by atoms with Crippen LogP contribution in [0.25, 0.3) is 0 Å². The van der Waals surface area contributed by atoms with Crippen LogP contribution < -0.4 is 11.1 Å². The van der Waals surface area contributed by atoms with Crippen LogP contribution in [-0.4, -0.2) is 25.7 Å². The summed E-state index contributed by atoms with van der Waals surface area (Å²) < 4.78 is 31.3. The van der Waals surface area contributed by atoms with Crippen molar-refractivity contribution in [2.75, 3.05) is 19.0 Å². The fraction of sp³-hybridized carbons (Fsp3) is 0.364. The van der Waals surface area contributed by atoms with Crippen LogP contribution in [0.4, 0.5) is 14.5 Å². The van der Waals surface area contributed by atoms with Gasteiger partial charge in [0.05, 0.1) is 18.2 Å². The summed E-state index contributed by atoms with van der Waals surface area (Å²) in [5.41, 5.74) is 5.26. The Morgan fingerprint density at radius 1 is 1.56 bits per heavy atom. The smallest absolute Gasteiger partial charge is 0.227 e. The van der Waals surface area contributed by atoms with E-state index in [-0.39, 0.29) is 23.1 Å². The predicted molar refractivity (Wildman–Crippen MR) is 67.2 cm³/mol. The molecule has 3 N–H and O–H groups in total. The molecular weight excluding hydrogens is 310 g/mol. The first-order valence-electron chi connectivity index (χ1n) is 5.15. The number of carbonyl (C=O) groups is 1. The quantitative estimate of drug-likeness (QED) is 0.871. The van der Waals surface area contributed by atoms with E-state index in [1.54, 1.807) is 0 Å². The predicted octanol–water partition coefficient (Wildman–Crippen LogP) is 2.03. The second-order valence-electron chi connectivity index (χ2n) is 3.59. The Bertz CT molecular complexity index is 416. The van der Waals surface area contributed by atoms with Crippen LogP contribution in [0.2, 0.25) is 0 Å². The number of amides is 1. The van der Waals surface area contributed by atoms with Gasteiger partial charge in [-0.05, 0) is 22.0 Å². The third-order valence-corrected chi connectivity index (χ3v) is 2.91. The monoisotopic (exact) mass is 322 g/mol. The molecule has 0 saturated carbocycles. The first-order valence-corrected chi connectivity index (χ1v) is 5.94. The average molecular weight is 323 g/mol. The number of hydrogen-bond donors (Lipinski definition) is 2. The summed E-state index contributed by atoms with van der Waals surface area (Å²) >= 11 is 2.98. The Hall–Kier alpha value is -1.05. The number of methoxy groups -OCH3 is 1. The fourth-order valence-corrected chi connectivity index (χ4v) is 1.83. The van der Waals surface area contributed by atoms with Crippen molar-refractivity contribution < 1.29 is 18.3 Å². The molecule has 18 heavy (non-hydrogen) atoms. The lowest BCUT2D eigenvalue weighted by atomic mass is 10.2. The first-order chi connectivity index (χ1) is 8.47. The summed E-state index contributed by atoms with van der Waals surface area (Å²) in [6, 6.07) is 1.76. The SMILES string of the molecule is COC(CN)CC(=O)Nc1c(F)cc(F)cc1Br. The lowest BCUT2D eigenvalue weighted by Gasteiger charge is -2.13. The van der Waals surface area contributed by atoms with Gasteiger partial charge in [0.1, 0.15) is 5.82 Å². The van der Waals surface area contributed by atoms with Crippen molar-refractivity contribution >= 4 is 27.5 Å². The first kappa shape index (κ1) is 15.0. The number of rotatable bonds is 5. The molecule has 1 amide bonds. The second kappa shape index (κ2) is 6.77. The van der Waals surface area contributed by atoms with Gasteiger partial charge in [0.2, 0.25) is 5.91 Å². The minimum atomic E-state index is -0.850. The van der Waals surface area contributed by atoms with Crippen molar-refractivity contribution in [3.05, 3.63) is 28.2 Å². The normalized spacial score (nSPS) is 12.3. The summed E-state index contributed by atoms with van der Waals surface area (Å²) in [7, 11) is 1.43. The number of nitrogens with one attached hydrogen (secondary N) is 1. The molecule has 0 radical (unpaired) electrons. The van der Waals surface area contributed by atoms with Crippen LogP contribution in [0.15, 0.2) is 16.6 Å². The van der Waals surface area contributed by atoms with Gasteiger partial charge in [0, 0.05) is 24.2 Å². The van der Waals surface area contributed by atoms with Gasteiger partial charge in [-0.2, -0.15) is 0 Å².